The fourth-order valence-electron chi connectivity index (χ4n) is 3.40. The van der Waals surface area contributed by atoms with Gasteiger partial charge in [0.2, 0.25) is 0 Å². The van der Waals surface area contributed by atoms with Gasteiger partial charge in [-0.3, -0.25) is 4.79 Å². The summed E-state index contributed by atoms with van der Waals surface area (Å²) in [5.41, 5.74) is 1.44. The summed E-state index contributed by atoms with van der Waals surface area (Å²) < 4.78 is 34.8. The van der Waals surface area contributed by atoms with E-state index in [1.807, 2.05) is 31.2 Å². The topological polar surface area (TPSA) is 72.9 Å². The molecule has 1 amide bonds. The van der Waals surface area contributed by atoms with Gasteiger partial charge in [0.05, 0.1) is 25.2 Å². The summed E-state index contributed by atoms with van der Waals surface area (Å²) in [6.07, 6.45) is 1.37. The summed E-state index contributed by atoms with van der Waals surface area (Å²) in [4.78, 5) is 14.9. The average Bonchev–Trinajstić information content (AvgIpc) is 3.10. The predicted molar refractivity (Wildman–Crippen MR) is 112 cm³/mol. The lowest BCUT2D eigenvalue weighted by molar-refractivity contribution is 0.0681. The van der Waals surface area contributed by atoms with E-state index in [-0.39, 0.29) is 23.5 Å². The molecule has 0 aromatic heterocycles. The lowest BCUT2D eigenvalue weighted by Gasteiger charge is -2.28. The Morgan fingerprint density at radius 2 is 1.72 bits per heavy atom. The van der Waals surface area contributed by atoms with Crippen molar-refractivity contribution in [2.45, 2.75) is 32.4 Å². The number of nitrogens with zero attached hydrogens (tertiary/aromatic N) is 1. The van der Waals surface area contributed by atoms with Gasteiger partial charge in [0.25, 0.3) is 5.91 Å². The molecule has 0 radical (unpaired) electrons. The molecule has 0 bridgehead atoms. The highest BCUT2D eigenvalue weighted by molar-refractivity contribution is 7.91. The van der Waals surface area contributed by atoms with Gasteiger partial charge in [-0.2, -0.15) is 0 Å². The number of methoxy groups -OCH3 is 1. The number of sulfone groups is 1. The van der Waals surface area contributed by atoms with Crippen molar-refractivity contribution in [2.75, 3.05) is 25.2 Å². The molecular weight excluding hydrogens is 390 g/mol. The van der Waals surface area contributed by atoms with Gasteiger partial charge >= 0.3 is 0 Å². The maximum absolute atomic E-state index is 13.3. The van der Waals surface area contributed by atoms with Crippen molar-refractivity contribution in [3.63, 3.8) is 0 Å². The van der Waals surface area contributed by atoms with Crippen LogP contribution in [0.1, 0.15) is 35.7 Å². The third kappa shape index (κ3) is 5.50. The molecule has 156 valence electrons. The van der Waals surface area contributed by atoms with E-state index < -0.39 is 9.84 Å². The monoisotopic (exact) mass is 417 g/mol. The zero-order valence-electron chi connectivity index (χ0n) is 16.8. The number of hydrogen-bond donors (Lipinski definition) is 0. The highest BCUT2D eigenvalue weighted by atomic mass is 32.2. The molecule has 0 N–H and O–H groups in total. The van der Waals surface area contributed by atoms with Crippen molar-refractivity contribution in [3.8, 4) is 11.5 Å². The fourth-order valence-corrected chi connectivity index (χ4v) is 5.13. The Labute approximate surface area is 172 Å². The van der Waals surface area contributed by atoms with Crippen molar-refractivity contribution >= 4 is 15.7 Å². The summed E-state index contributed by atoms with van der Waals surface area (Å²) in [5, 5.41) is 0. The Bertz CT molecular complexity index is 923. The van der Waals surface area contributed by atoms with Gasteiger partial charge in [-0.25, -0.2) is 8.42 Å². The maximum atomic E-state index is 13.3. The zero-order chi connectivity index (χ0) is 20.9. The summed E-state index contributed by atoms with van der Waals surface area (Å²) in [7, 11) is -1.51. The molecule has 2 aromatic rings. The average molecular weight is 418 g/mol. The van der Waals surface area contributed by atoms with Crippen molar-refractivity contribution < 1.29 is 22.7 Å². The molecule has 3 rings (SSSR count). The molecule has 1 saturated heterocycles. The Morgan fingerprint density at radius 1 is 1.07 bits per heavy atom. The molecule has 6 nitrogen and oxygen atoms in total. The summed E-state index contributed by atoms with van der Waals surface area (Å²) in [5.74, 6) is 1.40. The highest BCUT2D eigenvalue weighted by Crippen LogP contribution is 2.24. The Kier molecular flexibility index (Phi) is 6.79. The standard InChI is InChI=1S/C22H27NO5S/c1-3-13-28-21-10-6-18(7-11-21)22(24)23(19-12-14-29(25,26)16-19)15-17-4-8-20(27-2)9-5-17/h4-11,19H,3,12-16H2,1-2H3/t19-/m0/s1. The van der Waals surface area contributed by atoms with Crippen LogP contribution in [0.2, 0.25) is 0 Å². The number of rotatable bonds is 8. The molecule has 29 heavy (non-hydrogen) atoms. The predicted octanol–water partition coefficient (Wildman–Crippen LogP) is 3.31. The highest BCUT2D eigenvalue weighted by Gasteiger charge is 2.35. The largest absolute Gasteiger partial charge is 0.497 e. The zero-order valence-corrected chi connectivity index (χ0v) is 17.7. The van der Waals surface area contributed by atoms with E-state index in [1.165, 1.54) is 0 Å². The number of ether oxygens (including phenoxy) is 2. The number of benzene rings is 2. The molecule has 7 heteroatoms. The van der Waals surface area contributed by atoms with E-state index in [0.29, 0.717) is 30.9 Å². The second-order valence-corrected chi connectivity index (χ2v) is 9.44. The quantitative estimate of drug-likeness (QED) is 0.659. The van der Waals surface area contributed by atoms with Gasteiger partial charge in [0.1, 0.15) is 11.5 Å². The summed E-state index contributed by atoms with van der Waals surface area (Å²) in [6.45, 7) is 3.00. The van der Waals surface area contributed by atoms with Crippen molar-refractivity contribution in [1.82, 2.24) is 4.90 Å². The normalized spacial score (nSPS) is 17.7. The van der Waals surface area contributed by atoms with Gasteiger partial charge in [0, 0.05) is 18.2 Å². The van der Waals surface area contributed by atoms with Crippen LogP contribution in [0.25, 0.3) is 0 Å². The molecule has 1 aliphatic rings. The first kappa shape index (κ1) is 21.2. The van der Waals surface area contributed by atoms with E-state index >= 15 is 0 Å². The Balaban J connectivity index is 1.82. The minimum Gasteiger partial charge on any atom is -0.497 e. The van der Waals surface area contributed by atoms with Gasteiger partial charge in [-0.05, 0) is 54.8 Å². The first-order valence-corrected chi connectivity index (χ1v) is 11.6. The second kappa shape index (κ2) is 9.31. The second-order valence-electron chi connectivity index (χ2n) is 7.21. The van der Waals surface area contributed by atoms with Crippen LogP contribution in [0.15, 0.2) is 48.5 Å². The van der Waals surface area contributed by atoms with Crippen molar-refractivity contribution in [2.24, 2.45) is 0 Å². The van der Waals surface area contributed by atoms with E-state index in [2.05, 4.69) is 0 Å². The van der Waals surface area contributed by atoms with Gasteiger partial charge in [-0.1, -0.05) is 19.1 Å². The number of carbonyl (C=O) groups is 1. The smallest absolute Gasteiger partial charge is 0.254 e. The molecule has 1 atom stereocenters. The van der Waals surface area contributed by atoms with Crippen LogP contribution in [0.5, 0.6) is 11.5 Å². The third-order valence-corrected chi connectivity index (χ3v) is 6.75. The van der Waals surface area contributed by atoms with Crippen LogP contribution in [0.3, 0.4) is 0 Å². The maximum Gasteiger partial charge on any atom is 0.254 e. The van der Waals surface area contributed by atoms with Crippen LogP contribution >= 0.6 is 0 Å². The SMILES string of the molecule is CCCOc1ccc(C(=O)N(Cc2ccc(OC)cc2)[C@H]2CCS(=O)(=O)C2)cc1. The number of hydrogen-bond acceptors (Lipinski definition) is 5. The fraction of sp³-hybridized carbons (Fsp3) is 0.409. The molecule has 1 aliphatic heterocycles. The lowest BCUT2D eigenvalue weighted by Crippen LogP contribution is -2.40. The summed E-state index contributed by atoms with van der Waals surface area (Å²) >= 11 is 0. The minimum atomic E-state index is -3.11. The van der Waals surface area contributed by atoms with E-state index in [0.717, 1.165) is 17.7 Å². The third-order valence-electron chi connectivity index (χ3n) is 5.00. The molecule has 2 aromatic carbocycles. The van der Waals surface area contributed by atoms with E-state index in [4.69, 9.17) is 9.47 Å². The van der Waals surface area contributed by atoms with E-state index in [1.54, 1.807) is 36.3 Å². The van der Waals surface area contributed by atoms with Gasteiger partial charge in [0.15, 0.2) is 9.84 Å². The molecule has 0 spiro atoms. The molecule has 0 saturated carbocycles. The Hall–Kier alpha value is -2.54. The van der Waals surface area contributed by atoms with Crippen molar-refractivity contribution in [3.05, 3.63) is 59.7 Å². The van der Waals surface area contributed by atoms with Crippen LogP contribution in [-0.4, -0.2) is 50.5 Å². The first-order valence-electron chi connectivity index (χ1n) is 9.79. The molecule has 0 unspecified atom stereocenters. The molecular formula is C22H27NO5S. The van der Waals surface area contributed by atoms with Crippen molar-refractivity contribution in [1.29, 1.82) is 0 Å². The first-order chi connectivity index (χ1) is 13.9. The van der Waals surface area contributed by atoms with E-state index in [9.17, 15) is 13.2 Å². The Morgan fingerprint density at radius 3 is 2.28 bits per heavy atom. The minimum absolute atomic E-state index is 0.00654. The van der Waals surface area contributed by atoms with Crippen LogP contribution < -0.4 is 9.47 Å². The molecule has 1 fully saturated rings. The number of carbonyl (C=O) groups excluding carboxylic acids is 1. The number of amides is 1. The summed E-state index contributed by atoms with van der Waals surface area (Å²) in [6, 6.07) is 14.2. The van der Waals surface area contributed by atoms with Crippen LogP contribution in [-0.2, 0) is 16.4 Å². The lowest BCUT2D eigenvalue weighted by atomic mass is 10.1. The van der Waals surface area contributed by atoms with Gasteiger partial charge < -0.3 is 14.4 Å². The molecule has 0 aliphatic carbocycles. The van der Waals surface area contributed by atoms with Gasteiger partial charge in [-0.15, -0.1) is 0 Å². The van der Waals surface area contributed by atoms with Crippen LogP contribution in [0.4, 0.5) is 0 Å². The van der Waals surface area contributed by atoms with Crippen LogP contribution in [0, 0.1) is 0 Å². The molecule has 1 heterocycles.